The van der Waals surface area contributed by atoms with Crippen molar-refractivity contribution in [1.82, 2.24) is 0 Å². The molecular formula is C12H18O2. The molecule has 0 saturated carbocycles. The third-order valence-electron chi connectivity index (χ3n) is 1.82. The maximum atomic E-state index is 5.42. The Bertz CT molecular complexity index is 229. The van der Waals surface area contributed by atoms with Crippen LogP contribution in [0.3, 0.4) is 0 Å². The zero-order chi connectivity index (χ0) is 10.2. The van der Waals surface area contributed by atoms with Crippen LogP contribution >= 0.6 is 0 Å². The van der Waals surface area contributed by atoms with Crippen molar-refractivity contribution in [3.63, 3.8) is 0 Å². The third-order valence-corrected chi connectivity index (χ3v) is 1.82. The smallest absolute Gasteiger partial charge is 0.104 e. The molecule has 0 spiro atoms. The van der Waals surface area contributed by atoms with E-state index in [4.69, 9.17) is 9.47 Å². The van der Waals surface area contributed by atoms with E-state index in [9.17, 15) is 0 Å². The van der Waals surface area contributed by atoms with E-state index in [0.717, 1.165) is 13.2 Å². The van der Waals surface area contributed by atoms with E-state index in [0.29, 0.717) is 12.7 Å². The van der Waals surface area contributed by atoms with E-state index in [-0.39, 0.29) is 0 Å². The quantitative estimate of drug-likeness (QED) is 0.687. The summed E-state index contributed by atoms with van der Waals surface area (Å²) < 4.78 is 10.4. The van der Waals surface area contributed by atoms with Crippen LogP contribution in [0.5, 0.6) is 0 Å². The highest BCUT2D eigenvalue weighted by Crippen LogP contribution is 2.10. The van der Waals surface area contributed by atoms with Gasteiger partial charge in [0.25, 0.3) is 0 Å². The zero-order valence-electron chi connectivity index (χ0n) is 8.90. The lowest BCUT2D eigenvalue weighted by Crippen LogP contribution is -2.00. The van der Waals surface area contributed by atoms with Crippen LogP contribution in [0, 0.1) is 0 Å². The lowest BCUT2D eigenvalue weighted by atomic mass is 10.2. The Hall–Kier alpha value is -0.860. The van der Waals surface area contributed by atoms with Crippen molar-refractivity contribution in [2.24, 2.45) is 0 Å². The van der Waals surface area contributed by atoms with E-state index in [1.807, 2.05) is 32.0 Å². The first-order valence-electron chi connectivity index (χ1n) is 5.18. The first-order valence-corrected chi connectivity index (χ1v) is 5.18. The van der Waals surface area contributed by atoms with Crippen LogP contribution in [0.15, 0.2) is 30.3 Å². The summed E-state index contributed by atoms with van der Waals surface area (Å²) in [7, 11) is 0. The summed E-state index contributed by atoms with van der Waals surface area (Å²) >= 11 is 0. The van der Waals surface area contributed by atoms with Gasteiger partial charge in [-0.15, -0.1) is 0 Å². The van der Waals surface area contributed by atoms with Gasteiger partial charge in [-0.1, -0.05) is 44.2 Å². The Balaban J connectivity index is 0.000000461. The topological polar surface area (TPSA) is 21.8 Å². The summed E-state index contributed by atoms with van der Waals surface area (Å²) in [6.45, 7) is 6.30. The molecule has 2 nitrogen and oxygen atoms in total. The van der Waals surface area contributed by atoms with Gasteiger partial charge in [-0.3, -0.25) is 0 Å². The van der Waals surface area contributed by atoms with Gasteiger partial charge in [0, 0.05) is 0 Å². The minimum atomic E-state index is 0.369. The molecule has 0 amide bonds. The average molecular weight is 194 g/mol. The molecule has 2 heteroatoms. The summed E-state index contributed by atoms with van der Waals surface area (Å²) in [4.78, 5) is 0. The van der Waals surface area contributed by atoms with Gasteiger partial charge < -0.3 is 9.47 Å². The van der Waals surface area contributed by atoms with Crippen molar-refractivity contribution < 1.29 is 9.47 Å². The molecule has 2 rings (SSSR count). The van der Waals surface area contributed by atoms with E-state index in [2.05, 4.69) is 12.1 Å². The molecule has 1 atom stereocenters. The number of epoxide rings is 1. The van der Waals surface area contributed by atoms with Gasteiger partial charge in [0.05, 0.1) is 19.8 Å². The number of rotatable bonds is 4. The number of hydrogen-bond acceptors (Lipinski definition) is 2. The number of ether oxygens (including phenoxy) is 2. The van der Waals surface area contributed by atoms with Gasteiger partial charge >= 0.3 is 0 Å². The van der Waals surface area contributed by atoms with Crippen LogP contribution in [0.25, 0.3) is 0 Å². The second-order valence-corrected chi connectivity index (χ2v) is 2.96. The molecule has 0 radical (unpaired) electrons. The summed E-state index contributed by atoms with van der Waals surface area (Å²) in [6, 6.07) is 10.2. The predicted octanol–water partition coefficient (Wildman–Crippen LogP) is 2.63. The van der Waals surface area contributed by atoms with Crippen molar-refractivity contribution >= 4 is 0 Å². The van der Waals surface area contributed by atoms with Crippen LogP contribution in [0.4, 0.5) is 0 Å². The van der Waals surface area contributed by atoms with Crippen molar-refractivity contribution in [2.75, 3.05) is 13.2 Å². The molecular weight excluding hydrogens is 176 g/mol. The Kier molecular flexibility index (Phi) is 5.27. The summed E-state index contributed by atoms with van der Waals surface area (Å²) in [5.74, 6) is 0. The van der Waals surface area contributed by atoms with E-state index in [1.165, 1.54) is 5.56 Å². The van der Waals surface area contributed by atoms with Gasteiger partial charge in [0.2, 0.25) is 0 Å². The van der Waals surface area contributed by atoms with Crippen LogP contribution in [0.1, 0.15) is 19.4 Å². The Morgan fingerprint density at radius 2 is 1.93 bits per heavy atom. The Labute approximate surface area is 85.8 Å². The Morgan fingerprint density at radius 1 is 1.29 bits per heavy atom. The number of benzene rings is 1. The van der Waals surface area contributed by atoms with Crippen molar-refractivity contribution in [2.45, 2.75) is 26.6 Å². The molecule has 0 aromatic heterocycles. The summed E-state index contributed by atoms with van der Waals surface area (Å²) in [6.07, 6.45) is 0.369. The monoisotopic (exact) mass is 194 g/mol. The lowest BCUT2D eigenvalue weighted by molar-refractivity contribution is 0.104. The predicted molar refractivity (Wildman–Crippen MR) is 57.2 cm³/mol. The molecule has 0 aliphatic carbocycles. The molecule has 78 valence electrons. The molecule has 1 aromatic carbocycles. The van der Waals surface area contributed by atoms with E-state index >= 15 is 0 Å². The standard InChI is InChI=1S/C10H12O2.C2H6/c1-2-4-9(5-3-1)6-11-7-10-8-12-10;1-2/h1-5,10H,6-8H2;1-2H3/t10-;/m0./s1. The maximum Gasteiger partial charge on any atom is 0.104 e. The van der Waals surface area contributed by atoms with Crippen molar-refractivity contribution in [3.05, 3.63) is 35.9 Å². The van der Waals surface area contributed by atoms with Crippen LogP contribution in [0.2, 0.25) is 0 Å². The number of hydrogen-bond donors (Lipinski definition) is 0. The fraction of sp³-hybridized carbons (Fsp3) is 0.500. The van der Waals surface area contributed by atoms with Crippen molar-refractivity contribution in [1.29, 1.82) is 0 Å². The highest BCUT2D eigenvalue weighted by molar-refractivity contribution is 5.13. The first kappa shape index (κ1) is 11.2. The van der Waals surface area contributed by atoms with Gasteiger partial charge in [0.1, 0.15) is 6.10 Å². The van der Waals surface area contributed by atoms with E-state index in [1.54, 1.807) is 0 Å². The highest BCUT2D eigenvalue weighted by atomic mass is 16.6. The molecule has 1 fully saturated rings. The molecule has 1 aliphatic rings. The second kappa shape index (κ2) is 6.57. The fourth-order valence-electron chi connectivity index (χ4n) is 1.05. The average Bonchev–Trinajstić information content (AvgIpc) is 3.07. The molecule has 0 N–H and O–H groups in total. The maximum absolute atomic E-state index is 5.42. The summed E-state index contributed by atoms with van der Waals surface area (Å²) in [5, 5.41) is 0. The van der Waals surface area contributed by atoms with Crippen LogP contribution in [-0.2, 0) is 16.1 Å². The minimum absolute atomic E-state index is 0.369. The SMILES string of the molecule is CC.c1ccc(COC[C@H]2CO2)cc1. The Morgan fingerprint density at radius 3 is 2.50 bits per heavy atom. The largest absolute Gasteiger partial charge is 0.374 e. The van der Waals surface area contributed by atoms with Gasteiger partial charge in [0.15, 0.2) is 0 Å². The lowest BCUT2D eigenvalue weighted by Gasteiger charge is -2.00. The van der Waals surface area contributed by atoms with Crippen LogP contribution < -0.4 is 0 Å². The third kappa shape index (κ3) is 4.40. The molecule has 0 bridgehead atoms. The molecule has 0 unspecified atom stereocenters. The van der Waals surface area contributed by atoms with Gasteiger partial charge in [-0.2, -0.15) is 0 Å². The zero-order valence-corrected chi connectivity index (χ0v) is 8.90. The summed E-state index contributed by atoms with van der Waals surface area (Å²) in [5.41, 5.74) is 1.22. The highest BCUT2D eigenvalue weighted by Gasteiger charge is 2.21. The second-order valence-electron chi connectivity index (χ2n) is 2.96. The van der Waals surface area contributed by atoms with Gasteiger partial charge in [-0.05, 0) is 5.56 Å². The molecule has 1 saturated heterocycles. The molecule has 1 aromatic rings. The minimum Gasteiger partial charge on any atom is -0.374 e. The molecule has 14 heavy (non-hydrogen) atoms. The molecule has 1 aliphatic heterocycles. The first-order chi connectivity index (χ1) is 6.95. The van der Waals surface area contributed by atoms with Crippen LogP contribution in [-0.4, -0.2) is 19.3 Å². The fourth-order valence-corrected chi connectivity index (χ4v) is 1.05. The molecule has 1 heterocycles. The normalized spacial score (nSPS) is 18.3. The van der Waals surface area contributed by atoms with Gasteiger partial charge in [-0.25, -0.2) is 0 Å². The van der Waals surface area contributed by atoms with Crippen molar-refractivity contribution in [3.8, 4) is 0 Å². The van der Waals surface area contributed by atoms with E-state index < -0.39 is 0 Å².